The van der Waals surface area contributed by atoms with E-state index in [1.807, 2.05) is 18.2 Å². The van der Waals surface area contributed by atoms with E-state index in [4.69, 9.17) is 5.73 Å². The summed E-state index contributed by atoms with van der Waals surface area (Å²) in [4.78, 5) is 2.36. The summed E-state index contributed by atoms with van der Waals surface area (Å²) in [5.74, 6) is 0. The van der Waals surface area contributed by atoms with Gasteiger partial charge in [0.25, 0.3) is 0 Å². The minimum atomic E-state index is 0.355. The van der Waals surface area contributed by atoms with Crippen LogP contribution < -0.4 is 10.6 Å². The average molecular weight is 322 g/mol. The number of rotatable bonds is 3. The Kier molecular flexibility index (Phi) is 4.84. The fraction of sp³-hybridized carbons (Fsp3) is 0.533. The Morgan fingerprint density at radius 1 is 1.37 bits per heavy atom. The maximum atomic E-state index is 9.36. The molecule has 1 aromatic carbocycles. The van der Waals surface area contributed by atoms with Crippen LogP contribution in [0.1, 0.15) is 38.2 Å². The molecule has 0 bridgehead atoms. The molecule has 1 saturated carbocycles. The molecular formula is C15H20BrN3. The SMILES string of the molecule is CCN(c1cccc(Br)c1C#N)C1CCC(N)CC1. The van der Waals surface area contributed by atoms with E-state index < -0.39 is 0 Å². The van der Waals surface area contributed by atoms with Crippen LogP contribution in [0.25, 0.3) is 0 Å². The first-order valence-corrected chi connectivity index (χ1v) is 7.67. The maximum Gasteiger partial charge on any atom is 0.103 e. The normalized spacial score (nSPS) is 22.8. The van der Waals surface area contributed by atoms with Crippen molar-refractivity contribution in [1.82, 2.24) is 0 Å². The number of nitriles is 1. The smallest absolute Gasteiger partial charge is 0.103 e. The van der Waals surface area contributed by atoms with Crippen LogP contribution in [0.2, 0.25) is 0 Å². The summed E-state index contributed by atoms with van der Waals surface area (Å²) >= 11 is 3.47. The number of halogens is 1. The van der Waals surface area contributed by atoms with E-state index in [-0.39, 0.29) is 0 Å². The molecular weight excluding hydrogens is 302 g/mol. The fourth-order valence-electron chi connectivity index (χ4n) is 2.90. The lowest BCUT2D eigenvalue weighted by Gasteiger charge is -2.37. The predicted octanol–water partition coefficient (Wildman–Crippen LogP) is 3.42. The molecule has 2 N–H and O–H groups in total. The van der Waals surface area contributed by atoms with Gasteiger partial charge in [-0.3, -0.25) is 0 Å². The molecule has 0 heterocycles. The second-order valence-corrected chi connectivity index (χ2v) is 5.95. The Morgan fingerprint density at radius 2 is 2.05 bits per heavy atom. The second kappa shape index (κ2) is 6.40. The van der Waals surface area contributed by atoms with Crippen molar-refractivity contribution in [3.8, 4) is 6.07 Å². The van der Waals surface area contributed by atoms with Crippen molar-refractivity contribution in [3.05, 3.63) is 28.2 Å². The summed E-state index contributed by atoms with van der Waals surface area (Å²) in [6.45, 7) is 3.07. The average Bonchev–Trinajstić information content (AvgIpc) is 2.42. The number of hydrogen-bond acceptors (Lipinski definition) is 3. The van der Waals surface area contributed by atoms with Crippen molar-refractivity contribution in [2.75, 3.05) is 11.4 Å². The van der Waals surface area contributed by atoms with Crippen molar-refractivity contribution in [1.29, 1.82) is 5.26 Å². The molecule has 1 aliphatic rings. The molecule has 102 valence electrons. The van der Waals surface area contributed by atoms with Gasteiger partial charge in [0.1, 0.15) is 6.07 Å². The van der Waals surface area contributed by atoms with Gasteiger partial charge in [0.2, 0.25) is 0 Å². The van der Waals surface area contributed by atoms with Crippen molar-refractivity contribution >= 4 is 21.6 Å². The van der Waals surface area contributed by atoms with Crippen LogP contribution in [0.4, 0.5) is 5.69 Å². The van der Waals surface area contributed by atoms with Crippen LogP contribution in [-0.4, -0.2) is 18.6 Å². The summed E-state index contributed by atoms with van der Waals surface area (Å²) in [7, 11) is 0. The Balaban J connectivity index is 2.27. The third-order valence-corrected chi connectivity index (χ3v) is 4.60. The molecule has 0 radical (unpaired) electrons. The zero-order valence-electron chi connectivity index (χ0n) is 11.3. The number of nitrogens with two attached hydrogens (primary N) is 1. The van der Waals surface area contributed by atoms with E-state index in [1.165, 1.54) is 0 Å². The Hall–Kier alpha value is -1.05. The van der Waals surface area contributed by atoms with E-state index in [0.29, 0.717) is 12.1 Å². The third-order valence-electron chi connectivity index (χ3n) is 3.94. The van der Waals surface area contributed by atoms with E-state index in [2.05, 4.69) is 33.8 Å². The first kappa shape index (κ1) is 14.4. The number of nitrogens with zero attached hydrogens (tertiary/aromatic N) is 2. The lowest BCUT2D eigenvalue weighted by atomic mass is 9.90. The monoisotopic (exact) mass is 321 g/mol. The van der Waals surface area contributed by atoms with E-state index in [1.54, 1.807) is 0 Å². The molecule has 0 aliphatic heterocycles. The van der Waals surface area contributed by atoms with Crippen molar-refractivity contribution in [2.45, 2.75) is 44.7 Å². The molecule has 0 atom stereocenters. The molecule has 0 spiro atoms. The zero-order chi connectivity index (χ0) is 13.8. The summed E-state index contributed by atoms with van der Waals surface area (Å²) < 4.78 is 0.874. The summed E-state index contributed by atoms with van der Waals surface area (Å²) in [6.07, 6.45) is 4.40. The number of hydrogen-bond donors (Lipinski definition) is 1. The van der Waals surface area contributed by atoms with Crippen LogP contribution in [0.3, 0.4) is 0 Å². The molecule has 19 heavy (non-hydrogen) atoms. The highest BCUT2D eigenvalue weighted by atomic mass is 79.9. The van der Waals surface area contributed by atoms with Crippen LogP contribution in [0.5, 0.6) is 0 Å². The molecule has 1 aromatic rings. The molecule has 0 unspecified atom stereocenters. The van der Waals surface area contributed by atoms with Gasteiger partial charge in [-0.15, -0.1) is 0 Å². The van der Waals surface area contributed by atoms with Gasteiger partial charge < -0.3 is 10.6 Å². The Labute approximate surface area is 123 Å². The van der Waals surface area contributed by atoms with Gasteiger partial charge in [0.15, 0.2) is 0 Å². The van der Waals surface area contributed by atoms with Gasteiger partial charge >= 0.3 is 0 Å². The van der Waals surface area contributed by atoms with Gasteiger partial charge in [0.05, 0.1) is 11.3 Å². The van der Waals surface area contributed by atoms with E-state index in [0.717, 1.165) is 48.0 Å². The van der Waals surface area contributed by atoms with Gasteiger partial charge in [-0.1, -0.05) is 6.07 Å². The topological polar surface area (TPSA) is 53.0 Å². The highest BCUT2D eigenvalue weighted by Crippen LogP contribution is 2.32. The van der Waals surface area contributed by atoms with Crippen molar-refractivity contribution in [3.63, 3.8) is 0 Å². The first-order valence-electron chi connectivity index (χ1n) is 6.88. The standard InChI is InChI=1S/C15H20BrN3/c1-2-19(12-8-6-11(18)7-9-12)15-5-3-4-14(16)13(15)10-17/h3-5,11-12H,2,6-9,18H2,1H3. The van der Waals surface area contributed by atoms with Crippen LogP contribution in [0, 0.1) is 11.3 Å². The maximum absolute atomic E-state index is 9.36. The number of anilines is 1. The summed E-state index contributed by atoms with van der Waals surface area (Å²) in [5, 5.41) is 9.36. The Morgan fingerprint density at radius 3 is 2.63 bits per heavy atom. The minimum Gasteiger partial charge on any atom is -0.368 e. The molecule has 2 rings (SSSR count). The van der Waals surface area contributed by atoms with Crippen LogP contribution in [0.15, 0.2) is 22.7 Å². The zero-order valence-corrected chi connectivity index (χ0v) is 12.9. The largest absolute Gasteiger partial charge is 0.368 e. The second-order valence-electron chi connectivity index (χ2n) is 5.10. The predicted molar refractivity (Wildman–Crippen MR) is 82.1 cm³/mol. The van der Waals surface area contributed by atoms with Gasteiger partial charge in [0, 0.05) is 23.1 Å². The van der Waals surface area contributed by atoms with E-state index in [9.17, 15) is 5.26 Å². The van der Waals surface area contributed by atoms with Crippen molar-refractivity contribution < 1.29 is 0 Å². The molecule has 3 nitrogen and oxygen atoms in total. The fourth-order valence-corrected chi connectivity index (χ4v) is 3.35. The van der Waals surface area contributed by atoms with E-state index >= 15 is 0 Å². The van der Waals surface area contributed by atoms with Gasteiger partial charge in [-0.25, -0.2) is 0 Å². The highest BCUT2D eigenvalue weighted by molar-refractivity contribution is 9.10. The number of benzene rings is 1. The summed E-state index contributed by atoms with van der Waals surface area (Å²) in [6, 6.07) is 9.14. The molecule has 1 aliphatic carbocycles. The molecule has 4 heteroatoms. The van der Waals surface area contributed by atoms with Crippen molar-refractivity contribution in [2.24, 2.45) is 5.73 Å². The quantitative estimate of drug-likeness (QED) is 0.928. The molecule has 0 amide bonds. The summed E-state index contributed by atoms with van der Waals surface area (Å²) in [5.41, 5.74) is 7.76. The molecule has 0 saturated heterocycles. The lowest BCUT2D eigenvalue weighted by Crippen LogP contribution is -2.41. The van der Waals surface area contributed by atoms with Crippen LogP contribution >= 0.6 is 15.9 Å². The first-order chi connectivity index (χ1) is 9.17. The van der Waals surface area contributed by atoms with Crippen LogP contribution in [-0.2, 0) is 0 Å². The third kappa shape index (κ3) is 3.10. The molecule has 1 fully saturated rings. The van der Waals surface area contributed by atoms with Gasteiger partial charge in [-0.05, 0) is 60.7 Å². The lowest BCUT2D eigenvalue weighted by molar-refractivity contribution is 0.378. The Bertz CT molecular complexity index is 473. The van der Waals surface area contributed by atoms with Gasteiger partial charge in [-0.2, -0.15) is 5.26 Å². The molecule has 0 aromatic heterocycles. The highest BCUT2D eigenvalue weighted by Gasteiger charge is 2.25. The minimum absolute atomic E-state index is 0.355.